The Kier molecular flexibility index (Phi) is 6.90. The summed E-state index contributed by atoms with van der Waals surface area (Å²) in [5.74, 6) is 0.623. The summed E-state index contributed by atoms with van der Waals surface area (Å²) in [5.41, 5.74) is 1.78. The van der Waals surface area contributed by atoms with Crippen LogP contribution in [0.3, 0.4) is 0 Å². The standard InChI is InChI=1S/C18H21ClN2O3/c1-24-17-11-15(19)8-7-14(17)12-20-18(23)21-16(9-10-22)13-5-3-2-4-6-13/h2-8,11,16,22H,9-10,12H2,1H3,(H2,20,21,23)/t16-/m1/s1. The number of aliphatic hydroxyl groups excluding tert-OH is 1. The van der Waals surface area contributed by atoms with E-state index in [4.69, 9.17) is 16.3 Å². The Labute approximate surface area is 146 Å². The van der Waals surface area contributed by atoms with Crippen molar-refractivity contribution >= 4 is 17.6 Å². The molecular weight excluding hydrogens is 328 g/mol. The summed E-state index contributed by atoms with van der Waals surface area (Å²) in [5, 5.41) is 15.5. The number of hydrogen-bond acceptors (Lipinski definition) is 3. The van der Waals surface area contributed by atoms with Gasteiger partial charge in [-0.15, -0.1) is 0 Å². The van der Waals surface area contributed by atoms with Gasteiger partial charge in [0.2, 0.25) is 0 Å². The van der Waals surface area contributed by atoms with Crippen LogP contribution in [0.4, 0.5) is 4.79 Å². The molecule has 0 unspecified atom stereocenters. The zero-order chi connectivity index (χ0) is 17.4. The van der Waals surface area contributed by atoms with E-state index in [0.29, 0.717) is 23.7 Å². The molecule has 0 saturated carbocycles. The molecule has 2 rings (SSSR count). The van der Waals surface area contributed by atoms with Crippen LogP contribution in [-0.2, 0) is 6.54 Å². The monoisotopic (exact) mass is 348 g/mol. The lowest BCUT2D eigenvalue weighted by Gasteiger charge is -2.19. The van der Waals surface area contributed by atoms with E-state index in [1.165, 1.54) is 0 Å². The number of amides is 2. The number of halogens is 1. The summed E-state index contributed by atoms with van der Waals surface area (Å²) in [6.07, 6.45) is 0.446. The van der Waals surface area contributed by atoms with E-state index in [1.54, 1.807) is 19.2 Å². The molecule has 0 radical (unpaired) electrons. The van der Waals surface area contributed by atoms with Gasteiger partial charge >= 0.3 is 6.03 Å². The fraction of sp³-hybridized carbons (Fsp3) is 0.278. The second-order valence-electron chi connectivity index (χ2n) is 5.26. The van der Waals surface area contributed by atoms with Gasteiger partial charge in [-0.25, -0.2) is 4.79 Å². The lowest BCUT2D eigenvalue weighted by Crippen LogP contribution is -2.38. The topological polar surface area (TPSA) is 70.6 Å². The maximum Gasteiger partial charge on any atom is 0.315 e. The van der Waals surface area contributed by atoms with Gasteiger partial charge in [-0.1, -0.05) is 48.0 Å². The van der Waals surface area contributed by atoms with E-state index in [0.717, 1.165) is 11.1 Å². The summed E-state index contributed by atoms with van der Waals surface area (Å²) in [6.45, 7) is 0.303. The number of rotatable bonds is 7. The van der Waals surface area contributed by atoms with Crippen molar-refractivity contribution in [2.75, 3.05) is 13.7 Å². The zero-order valence-electron chi connectivity index (χ0n) is 13.5. The first-order chi connectivity index (χ1) is 11.6. The second-order valence-corrected chi connectivity index (χ2v) is 5.70. The quantitative estimate of drug-likeness (QED) is 0.719. The highest BCUT2D eigenvalue weighted by molar-refractivity contribution is 6.30. The first-order valence-electron chi connectivity index (χ1n) is 7.66. The molecule has 2 aromatic carbocycles. The van der Waals surface area contributed by atoms with Crippen LogP contribution >= 0.6 is 11.6 Å². The van der Waals surface area contributed by atoms with E-state index < -0.39 is 0 Å². The Balaban J connectivity index is 1.96. The normalized spacial score (nSPS) is 11.6. The van der Waals surface area contributed by atoms with Crippen LogP contribution in [0.25, 0.3) is 0 Å². The fourth-order valence-corrected chi connectivity index (χ4v) is 2.55. The number of aliphatic hydroxyl groups is 1. The number of hydrogen-bond donors (Lipinski definition) is 3. The second kappa shape index (κ2) is 9.15. The lowest BCUT2D eigenvalue weighted by molar-refractivity contribution is 0.229. The lowest BCUT2D eigenvalue weighted by atomic mass is 10.0. The number of methoxy groups -OCH3 is 1. The van der Waals surface area contributed by atoms with Crippen LogP contribution in [0.2, 0.25) is 5.02 Å². The largest absolute Gasteiger partial charge is 0.496 e. The van der Waals surface area contributed by atoms with Crippen molar-refractivity contribution in [3.8, 4) is 5.75 Å². The first-order valence-corrected chi connectivity index (χ1v) is 8.04. The molecule has 6 heteroatoms. The maximum absolute atomic E-state index is 12.2. The minimum absolute atomic E-state index is 0.00908. The van der Waals surface area contributed by atoms with Crippen LogP contribution in [0, 0.1) is 0 Å². The summed E-state index contributed by atoms with van der Waals surface area (Å²) in [7, 11) is 1.56. The van der Waals surface area contributed by atoms with Crippen LogP contribution in [0.5, 0.6) is 5.75 Å². The number of nitrogens with one attached hydrogen (secondary N) is 2. The predicted molar refractivity (Wildman–Crippen MR) is 94.3 cm³/mol. The summed E-state index contributed by atoms with van der Waals surface area (Å²) in [4.78, 5) is 12.2. The highest BCUT2D eigenvalue weighted by Crippen LogP contribution is 2.23. The number of urea groups is 1. The van der Waals surface area contributed by atoms with Crippen LogP contribution in [0.1, 0.15) is 23.6 Å². The Bertz CT molecular complexity index is 665. The van der Waals surface area contributed by atoms with Crippen molar-refractivity contribution in [3.63, 3.8) is 0 Å². The fourth-order valence-electron chi connectivity index (χ4n) is 2.39. The summed E-state index contributed by atoms with van der Waals surface area (Å²) >= 11 is 5.93. The van der Waals surface area contributed by atoms with Gasteiger partial charge in [0.25, 0.3) is 0 Å². The molecule has 128 valence electrons. The van der Waals surface area contributed by atoms with E-state index >= 15 is 0 Å². The van der Waals surface area contributed by atoms with Crippen LogP contribution in [-0.4, -0.2) is 24.9 Å². The molecule has 3 N–H and O–H groups in total. The molecule has 0 aliphatic rings. The summed E-state index contributed by atoms with van der Waals surface area (Å²) in [6, 6.07) is 14.3. The maximum atomic E-state index is 12.2. The number of ether oxygens (including phenoxy) is 1. The summed E-state index contributed by atoms with van der Waals surface area (Å²) < 4.78 is 5.26. The molecule has 0 heterocycles. The SMILES string of the molecule is COc1cc(Cl)ccc1CNC(=O)N[C@H](CCO)c1ccccc1. The number of benzene rings is 2. The van der Waals surface area contributed by atoms with E-state index in [9.17, 15) is 9.90 Å². The third-order valence-electron chi connectivity index (χ3n) is 3.61. The molecular formula is C18H21ClN2O3. The highest BCUT2D eigenvalue weighted by atomic mass is 35.5. The predicted octanol–water partition coefficient (Wildman–Crippen LogP) is 3.27. The molecule has 0 fully saturated rings. The van der Waals surface area contributed by atoms with E-state index in [1.807, 2.05) is 36.4 Å². The third kappa shape index (κ3) is 5.15. The highest BCUT2D eigenvalue weighted by Gasteiger charge is 2.14. The molecule has 0 saturated heterocycles. The minimum Gasteiger partial charge on any atom is -0.496 e. The molecule has 1 atom stereocenters. The third-order valence-corrected chi connectivity index (χ3v) is 3.85. The average Bonchev–Trinajstić information content (AvgIpc) is 2.61. The number of carbonyl (C=O) groups is 1. The van der Waals surface area contributed by atoms with Gasteiger partial charge in [-0.05, 0) is 24.1 Å². The van der Waals surface area contributed by atoms with Crippen molar-refractivity contribution in [2.24, 2.45) is 0 Å². The van der Waals surface area contributed by atoms with Gasteiger partial charge in [-0.3, -0.25) is 0 Å². The van der Waals surface area contributed by atoms with Crippen LogP contribution < -0.4 is 15.4 Å². The molecule has 0 aromatic heterocycles. The van der Waals surface area contributed by atoms with E-state index in [2.05, 4.69) is 10.6 Å². The van der Waals surface area contributed by atoms with Crippen molar-refractivity contribution < 1.29 is 14.6 Å². The Morgan fingerprint density at radius 2 is 2.00 bits per heavy atom. The van der Waals surface area contributed by atoms with Crippen molar-refractivity contribution in [1.82, 2.24) is 10.6 Å². The first kappa shape index (κ1) is 18.1. The molecule has 0 aliphatic carbocycles. The van der Waals surface area contributed by atoms with Crippen molar-refractivity contribution in [3.05, 3.63) is 64.7 Å². The van der Waals surface area contributed by atoms with Crippen molar-refractivity contribution in [1.29, 1.82) is 0 Å². The zero-order valence-corrected chi connectivity index (χ0v) is 14.2. The Hall–Kier alpha value is -2.24. The van der Waals surface area contributed by atoms with Gasteiger partial charge in [-0.2, -0.15) is 0 Å². The molecule has 0 aliphatic heterocycles. The van der Waals surface area contributed by atoms with E-state index in [-0.39, 0.29) is 18.7 Å². The van der Waals surface area contributed by atoms with Gasteiger partial charge in [0.05, 0.1) is 13.2 Å². The van der Waals surface area contributed by atoms with Crippen molar-refractivity contribution in [2.45, 2.75) is 19.0 Å². The van der Waals surface area contributed by atoms with Crippen LogP contribution in [0.15, 0.2) is 48.5 Å². The molecule has 0 spiro atoms. The molecule has 5 nitrogen and oxygen atoms in total. The Morgan fingerprint density at radius 1 is 1.25 bits per heavy atom. The number of carbonyl (C=O) groups excluding carboxylic acids is 1. The molecule has 2 amide bonds. The Morgan fingerprint density at radius 3 is 2.67 bits per heavy atom. The molecule has 2 aromatic rings. The van der Waals surface area contributed by atoms with Gasteiger partial charge < -0.3 is 20.5 Å². The molecule has 0 bridgehead atoms. The minimum atomic E-state index is -0.311. The molecule has 24 heavy (non-hydrogen) atoms. The van der Waals surface area contributed by atoms with Gasteiger partial charge in [0.15, 0.2) is 0 Å². The van der Waals surface area contributed by atoms with Gasteiger partial charge in [0.1, 0.15) is 5.75 Å². The smallest absolute Gasteiger partial charge is 0.315 e. The average molecular weight is 349 g/mol. The van der Waals surface area contributed by atoms with Gasteiger partial charge in [0, 0.05) is 23.7 Å².